The van der Waals surface area contributed by atoms with Gasteiger partial charge < -0.3 is 19.7 Å². The molecule has 0 amide bonds. The summed E-state index contributed by atoms with van der Waals surface area (Å²) in [5.74, 6) is -0.0301. The lowest BCUT2D eigenvalue weighted by molar-refractivity contribution is 0.0730. The van der Waals surface area contributed by atoms with E-state index in [0.717, 1.165) is 29.7 Å². The first-order valence-electron chi connectivity index (χ1n) is 10.9. The second-order valence-corrected chi connectivity index (χ2v) is 10.0. The van der Waals surface area contributed by atoms with Crippen molar-refractivity contribution >= 4 is 50.1 Å². The zero-order valence-electron chi connectivity index (χ0n) is 18.6. The van der Waals surface area contributed by atoms with Crippen molar-refractivity contribution in [2.24, 2.45) is 4.99 Å². The van der Waals surface area contributed by atoms with Gasteiger partial charge in [0.05, 0.1) is 35.0 Å². The first kappa shape index (κ1) is 23.6. The third-order valence-electron chi connectivity index (χ3n) is 5.77. The summed E-state index contributed by atoms with van der Waals surface area (Å²) in [6.45, 7) is 6.94. The fourth-order valence-corrected chi connectivity index (χ4v) is 5.57. The number of halogens is 1. The third-order valence-corrected chi connectivity index (χ3v) is 7.90. The van der Waals surface area contributed by atoms with E-state index in [0.29, 0.717) is 42.6 Å². The molecule has 0 saturated carbocycles. The molecule has 2 aromatic carbocycles. The summed E-state index contributed by atoms with van der Waals surface area (Å²) in [6, 6.07) is 10.3. The Morgan fingerprint density at radius 1 is 1.18 bits per heavy atom. The molecule has 1 aliphatic rings. The Hall–Kier alpha value is -2.59. The van der Waals surface area contributed by atoms with Gasteiger partial charge in [0.25, 0.3) is 0 Å². The predicted octanol–water partition coefficient (Wildman–Crippen LogP) is 4.14. The summed E-state index contributed by atoms with van der Waals surface area (Å²) >= 11 is 6.14. The fraction of sp³-hybridized carbons (Fsp3) is 0.348. The molecule has 0 radical (unpaired) electrons. The highest BCUT2D eigenvalue weighted by atomic mass is 35.5. The Morgan fingerprint density at radius 3 is 2.61 bits per heavy atom. The highest BCUT2D eigenvalue weighted by molar-refractivity contribution is 7.89. The third kappa shape index (κ3) is 4.72. The van der Waals surface area contributed by atoms with Crippen LogP contribution in [0.4, 0.5) is 11.4 Å². The Labute approximate surface area is 198 Å². The topological polar surface area (TPSA) is 98.2 Å². The molecule has 8 nitrogen and oxygen atoms in total. The van der Waals surface area contributed by atoms with E-state index in [1.54, 1.807) is 36.4 Å². The number of nitrogens with zero attached hydrogens (tertiary/aromatic N) is 3. The van der Waals surface area contributed by atoms with Gasteiger partial charge in [0.15, 0.2) is 5.88 Å². The quantitative estimate of drug-likeness (QED) is 0.485. The maximum Gasteiger partial charge on any atom is 0.243 e. The van der Waals surface area contributed by atoms with Gasteiger partial charge in [-0.25, -0.2) is 8.42 Å². The van der Waals surface area contributed by atoms with E-state index in [1.807, 2.05) is 13.8 Å². The van der Waals surface area contributed by atoms with Crippen LogP contribution in [0.25, 0.3) is 10.9 Å². The normalized spacial score (nSPS) is 15.5. The molecule has 3 aromatic rings. The molecular weight excluding hydrogens is 464 g/mol. The molecule has 1 fully saturated rings. The van der Waals surface area contributed by atoms with E-state index in [2.05, 4.69) is 14.9 Å². The molecule has 1 aromatic heterocycles. The molecule has 10 heteroatoms. The number of sulfonamides is 1. The minimum absolute atomic E-state index is 0.0301. The van der Waals surface area contributed by atoms with Crippen molar-refractivity contribution in [1.82, 2.24) is 9.29 Å². The number of aromatic hydroxyl groups is 1. The number of rotatable bonds is 7. The maximum absolute atomic E-state index is 13.2. The van der Waals surface area contributed by atoms with E-state index in [9.17, 15) is 13.5 Å². The molecule has 2 heterocycles. The van der Waals surface area contributed by atoms with Gasteiger partial charge in [-0.05, 0) is 50.2 Å². The van der Waals surface area contributed by atoms with Crippen molar-refractivity contribution in [2.45, 2.75) is 18.7 Å². The number of fused-ring (bicyclic) bond motifs is 1. The van der Waals surface area contributed by atoms with E-state index >= 15 is 0 Å². The van der Waals surface area contributed by atoms with Crippen LogP contribution in [-0.2, 0) is 14.8 Å². The second-order valence-electron chi connectivity index (χ2n) is 7.67. The van der Waals surface area contributed by atoms with Crippen LogP contribution in [0.3, 0.4) is 0 Å². The number of hydrogen-bond donors (Lipinski definition) is 2. The Kier molecular flexibility index (Phi) is 6.94. The molecular formula is C23H27ClN4O4S. The number of ether oxygens (including phenoxy) is 1. The number of aliphatic imine (C=N–C) groups is 1. The van der Waals surface area contributed by atoms with Crippen molar-refractivity contribution in [3.63, 3.8) is 0 Å². The first-order chi connectivity index (χ1) is 15.8. The largest absolute Gasteiger partial charge is 0.494 e. The molecule has 4 rings (SSSR count). The monoisotopic (exact) mass is 490 g/mol. The van der Waals surface area contributed by atoms with Gasteiger partial charge in [-0.3, -0.25) is 4.99 Å². The standard InChI is InChI=1S/C23H27ClN4O4S/c1-3-27(4-2)22-8-6-17(33(30,31)28-9-11-32-12-10-28)14-21(22)25-15-19-18-13-16(24)5-7-20(18)26-23(19)29/h5-8,13-15,26,29H,3-4,9-12H2,1-2H3. The average molecular weight is 491 g/mol. The lowest BCUT2D eigenvalue weighted by atomic mass is 10.2. The number of H-pyrrole nitrogens is 1. The Bertz CT molecular complexity index is 1280. The highest BCUT2D eigenvalue weighted by Gasteiger charge is 2.27. The molecule has 176 valence electrons. The minimum Gasteiger partial charge on any atom is -0.494 e. The molecule has 0 spiro atoms. The number of aromatic amines is 1. The van der Waals surface area contributed by atoms with E-state index < -0.39 is 10.0 Å². The van der Waals surface area contributed by atoms with E-state index in [-0.39, 0.29) is 10.8 Å². The number of benzene rings is 2. The van der Waals surface area contributed by atoms with Gasteiger partial charge in [0, 0.05) is 48.3 Å². The van der Waals surface area contributed by atoms with E-state index in [1.165, 1.54) is 10.5 Å². The molecule has 0 atom stereocenters. The molecule has 0 unspecified atom stereocenters. The van der Waals surface area contributed by atoms with Gasteiger partial charge in [-0.15, -0.1) is 0 Å². The van der Waals surface area contributed by atoms with Crippen molar-refractivity contribution in [2.75, 3.05) is 44.3 Å². The smallest absolute Gasteiger partial charge is 0.243 e. The highest BCUT2D eigenvalue weighted by Crippen LogP contribution is 2.34. The molecule has 1 saturated heterocycles. The molecule has 0 aliphatic carbocycles. The predicted molar refractivity (Wildman–Crippen MR) is 132 cm³/mol. The number of morpholine rings is 1. The maximum atomic E-state index is 13.2. The molecule has 0 bridgehead atoms. The van der Waals surface area contributed by atoms with Crippen LogP contribution in [-0.4, -0.2) is 68.4 Å². The molecule has 2 N–H and O–H groups in total. The number of aromatic nitrogens is 1. The lowest BCUT2D eigenvalue weighted by Gasteiger charge is -2.27. The van der Waals surface area contributed by atoms with E-state index in [4.69, 9.17) is 16.3 Å². The first-order valence-corrected chi connectivity index (χ1v) is 12.7. The Balaban J connectivity index is 1.79. The second kappa shape index (κ2) is 9.72. The average Bonchev–Trinajstić information content (AvgIpc) is 3.13. The van der Waals surface area contributed by atoms with Crippen LogP contribution in [0.5, 0.6) is 5.88 Å². The van der Waals surface area contributed by atoms with Crippen molar-refractivity contribution in [1.29, 1.82) is 0 Å². The van der Waals surface area contributed by atoms with Gasteiger partial charge in [-0.1, -0.05) is 11.6 Å². The van der Waals surface area contributed by atoms with Crippen LogP contribution in [0.15, 0.2) is 46.3 Å². The van der Waals surface area contributed by atoms with Crippen LogP contribution >= 0.6 is 11.6 Å². The van der Waals surface area contributed by atoms with Gasteiger partial charge in [0.2, 0.25) is 10.0 Å². The van der Waals surface area contributed by atoms with Crippen molar-refractivity contribution in [3.05, 3.63) is 47.0 Å². The van der Waals surface area contributed by atoms with Crippen molar-refractivity contribution < 1.29 is 18.3 Å². The molecule has 33 heavy (non-hydrogen) atoms. The summed E-state index contributed by atoms with van der Waals surface area (Å²) < 4.78 is 33.1. The zero-order valence-corrected chi connectivity index (χ0v) is 20.2. The number of hydrogen-bond acceptors (Lipinski definition) is 6. The Morgan fingerprint density at radius 2 is 1.91 bits per heavy atom. The molecule has 1 aliphatic heterocycles. The minimum atomic E-state index is -3.67. The summed E-state index contributed by atoms with van der Waals surface area (Å²) in [5.41, 5.74) is 2.53. The fourth-order valence-electron chi connectivity index (χ4n) is 3.97. The lowest BCUT2D eigenvalue weighted by Crippen LogP contribution is -2.40. The summed E-state index contributed by atoms with van der Waals surface area (Å²) in [4.78, 5) is 9.82. The SMILES string of the molecule is CCN(CC)c1ccc(S(=O)(=O)N2CCOCC2)cc1N=Cc1c(O)[nH]c2ccc(Cl)cc12. The van der Waals surface area contributed by atoms with Crippen molar-refractivity contribution in [3.8, 4) is 5.88 Å². The zero-order chi connectivity index (χ0) is 23.6. The van der Waals surface area contributed by atoms with Gasteiger partial charge in [0.1, 0.15) is 0 Å². The van der Waals surface area contributed by atoms with Crippen LogP contribution in [0, 0.1) is 0 Å². The van der Waals surface area contributed by atoms with Crippen LogP contribution in [0.2, 0.25) is 5.02 Å². The summed E-state index contributed by atoms with van der Waals surface area (Å²) in [7, 11) is -3.67. The van der Waals surface area contributed by atoms with Gasteiger partial charge in [-0.2, -0.15) is 4.31 Å². The summed E-state index contributed by atoms with van der Waals surface area (Å²) in [5, 5.41) is 11.7. The van der Waals surface area contributed by atoms with Gasteiger partial charge >= 0.3 is 0 Å². The number of nitrogens with one attached hydrogen (secondary N) is 1. The summed E-state index contributed by atoms with van der Waals surface area (Å²) in [6.07, 6.45) is 1.54. The van der Waals surface area contributed by atoms with Crippen LogP contribution < -0.4 is 4.90 Å². The number of anilines is 1. The van der Waals surface area contributed by atoms with Crippen LogP contribution in [0.1, 0.15) is 19.4 Å².